The third kappa shape index (κ3) is 3.38. The Morgan fingerprint density at radius 2 is 1.86 bits per heavy atom. The van der Waals surface area contributed by atoms with E-state index < -0.39 is 22.7 Å². The first-order valence-electron chi connectivity index (χ1n) is 8.95. The minimum atomic E-state index is -0.754. The van der Waals surface area contributed by atoms with Gasteiger partial charge in [-0.2, -0.15) is 0 Å². The maximum Gasteiger partial charge on any atom is 0.295 e. The molecule has 0 spiro atoms. The zero-order valence-corrected chi connectivity index (χ0v) is 15.6. The van der Waals surface area contributed by atoms with Gasteiger partial charge in [0.05, 0.1) is 16.5 Å². The number of nitro groups is 1. The Morgan fingerprint density at radius 3 is 2.43 bits per heavy atom. The Bertz CT molecular complexity index is 979. The SMILES string of the molecule is CCCN1C(=O)C(=O)/C(=C(\O)c2ccc([N+](=O)[O-])cc2)C1c1cccc(C)c1. The van der Waals surface area contributed by atoms with Crippen molar-refractivity contribution in [3.8, 4) is 0 Å². The number of amides is 1. The Hall–Kier alpha value is -3.48. The van der Waals surface area contributed by atoms with Gasteiger partial charge in [0.1, 0.15) is 5.76 Å². The highest BCUT2D eigenvalue weighted by molar-refractivity contribution is 6.46. The number of carbonyl (C=O) groups excluding carboxylic acids is 2. The Balaban J connectivity index is 2.16. The molecule has 144 valence electrons. The lowest BCUT2D eigenvalue weighted by Gasteiger charge is -2.25. The summed E-state index contributed by atoms with van der Waals surface area (Å²) < 4.78 is 0. The molecule has 7 nitrogen and oxygen atoms in total. The number of hydrogen-bond acceptors (Lipinski definition) is 5. The van der Waals surface area contributed by atoms with Gasteiger partial charge in [0.15, 0.2) is 0 Å². The summed E-state index contributed by atoms with van der Waals surface area (Å²) in [4.78, 5) is 37.1. The fraction of sp³-hybridized carbons (Fsp3) is 0.238. The van der Waals surface area contributed by atoms with Gasteiger partial charge in [-0.3, -0.25) is 19.7 Å². The first-order chi connectivity index (χ1) is 13.3. The van der Waals surface area contributed by atoms with E-state index in [1.165, 1.54) is 29.2 Å². The molecular weight excluding hydrogens is 360 g/mol. The van der Waals surface area contributed by atoms with Crippen LogP contribution in [0.15, 0.2) is 54.1 Å². The highest BCUT2D eigenvalue weighted by atomic mass is 16.6. The zero-order valence-electron chi connectivity index (χ0n) is 15.6. The normalized spacial score (nSPS) is 18.5. The van der Waals surface area contributed by atoms with Gasteiger partial charge in [0, 0.05) is 24.2 Å². The number of rotatable bonds is 5. The maximum atomic E-state index is 12.7. The van der Waals surface area contributed by atoms with Crippen molar-refractivity contribution in [2.24, 2.45) is 0 Å². The van der Waals surface area contributed by atoms with E-state index in [2.05, 4.69) is 0 Å². The number of hydrogen-bond donors (Lipinski definition) is 1. The van der Waals surface area contributed by atoms with Gasteiger partial charge in [-0.15, -0.1) is 0 Å². The van der Waals surface area contributed by atoms with Crippen LogP contribution in [0.3, 0.4) is 0 Å². The van der Waals surface area contributed by atoms with Crippen LogP contribution in [-0.4, -0.2) is 33.2 Å². The highest BCUT2D eigenvalue weighted by Gasteiger charge is 2.45. The topological polar surface area (TPSA) is 101 Å². The monoisotopic (exact) mass is 380 g/mol. The molecular formula is C21H20N2O5. The van der Waals surface area contributed by atoms with Crippen molar-refractivity contribution in [2.45, 2.75) is 26.3 Å². The molecule has 1 fully saturated rings. The van der Waals surface area contributed by atoms with E-state index in [0.717, 1.165) is 11.1 Å². The minimum Gasteiger partial charge on any atom is -0.507 e. The van der Waals surface area contributed by atoms with Gasteiger partial charge >= 0.3 is 0 Å². The molecule has 7 heteroatoms. The average molecular weight is 380 g/mol. The quantitative estimate of drug-likeness (QED) is 0.280. The summed E-state index contributed by atoms with van der Waals surface area (Å²) >= 11 is 0. The van der Waals surface area contributed by atoms with E-state index in [0.29, 0.717) is 13.0 Å². The average Bonchev–Trinajstić information content (AvgIpc) is 2.93. The lowest BCUT2D eigenvalue weighted by Crippen LogP contribution is -2.30. The number of carbonyl (C=O) groups is 2. The molecule has 0 bridgehead atoms. The molecule has 1 amide bonds. The largest absolute Gasteiger partial charge is 0.507 e. The fourth-order valence-electron chi connectivity index (χ4n) is 3.43. The summed E-state index contributed by atoms with van der Waals surface area (Å²) in [5, 5.41) is 21.7. The van der Waals surface area contributed by atoms with Gasteiger partial charge in [0.2, 0.25) is 0 Å². The standard InChI is InChI=1S/C21H20N2O5/c1-3-11-22-18(15-6-4-5-13(2)12-15)17(20(25)21(22)26)19(24)14-7-9-16(10-8-14)23(27)28/h4-10,12,18,24H,3,11H2,1-2H3/b19-17-. The third-order valence-electron chi connectivity index (χ3n) is 4.71. The second kappa shape index (κ2) is 7.64. The number of non-ortho nitro benzene ring substituents is 1. The fourth-order valence-corrected chi connectivity index (χ4v) is 3.43. The van der Waals surface area contributed by atoms with Crippen LogP contribution in [0.5, 0.6) is 0 Å². The lowest BCUT2D eigenvalue weighted by molar-refractivity contribution is -0.384. The first kappa shape index (κ1) is 19.3. The van der Waals surface area contributed by atoms with Gasteiger partial charge in [0.25, 0.3) is 17.4 Å². The van der Waals surface area contributed by atoms with Crippen LogP contribution in [-0.2, 0) is 9.59 Å². The molecule has 1 saturated heterocycles. The van der Waals surface area contributed by atoms with E-state index in [1.54, 1.807) is 0 Å². The number of aliphatic hydroxyl groups is 1. The van der Waals surface area contributed by atoms with Crippen LogP contribution in [0.25, 0.3) is 5.76 Å². The van der Waals surface area contributed by atoms with Crippen molar-refractivity contribution < 1.29 is 19.6 Å². The second-order valence-electron chi connectivity index (χ2n) is 6.71. The predicted molar refractivity (Wildman–Crippen MR) is 104 cm³/mol. The van der Waals surface area contributed by atoms with Crippen molar-refractivity contribution in [1.29, 1.82) is 0 Å². The van der Waals surface area contributed by atoms with E-state index >= 15 is 0 Å². The molecule has 2 aromatic carbocycles. The van der Waals surface area contributed by atoms with Crippen LogP contribution in [0.4, 0.5) is 5.69 Å². The summed E-state index contributed by atoms with van der Waals surface area (Å²) in [6, 6.07) is 12.0. The van der Waals surface area contributed by atoms with Crippen molar-refractivity contribution in [3.63, 3.8) is 0 Å². The van der Waals surface area contributed by atoms with Crippen molar-refractivity contribution in [2.75, 3.05) is 6.54 Å². The smallest absolute Gasteiger partial charge is 0.295 e. The van der Waals surface area contributed by atoms with Crippen molar-refractivity contribution >= 4 is 23.1 Å². The molecule has 2 aromatic rings. The number of nitrogens with zero attached hydrogens (tertiary/aromatic N) is 2. The van der Waals surface area contributed by atoms with Crippen molar-refractivity contribution in [1.82, 2.24) is 4.90 Å². The number of nitro benzene ring substituents is 1. The molecule has 1 N–H and O–H groups in total. The molecule has 1 heterocycles. The molecule has 1 aliphatic heterocycles. The molecule has 3 rings (SSSR count). The van der Waals surface area contributed by atoms with Crippen LogP contribution >= 0.6 is 0 Å². The predicted octanol–water partition coefficient (Wildman–Crippen LogP) is 3.73. The van der Waals surface area contributed by atoms with E-state index in [1.807, 2.05) is 38.1 Å². The van der Waals surface area contributed by atoms with Crippen molar-refractivity contribution in [3.05, 3.63) is 80.9 Å². The second-order valence-corrected chi connectivity index (χ2v) is 6.71. The minimum absolute atomic E-state index is 0.00194. The maximum absolute atomic E-state index is 12.7. The molecule has 0 aliphatic carbocycles. The van der Waals surface area contributed by atoms with Gasteiger partial charge in [-0.25, -0.2) is 0 Å². The molecule has 28 heavy (non-hydrogen) atoms. The molecule has 0 saturated carbocycles. The Labute approximate surface area is 162 Å². The molecule has 1 unspecified atom stereocenters. The molecule has 0 aromatic heterocycles. The summed E-state index contributed by atoms with van der Waals surface area (Å²) in [6.45, 7) is 4.19. The Kier molecular flexibility index (Phi) is 5.26. The highest BCUT2D eigenvalue weighted by Crippen LogP contribution is 2.39. The third-order valence-corrected chi connectivity index (χ3v) is 4.71. The number of Topliss-reactive ketones (excluding diaryl/α,β-unsaturated/α-hetero) is 1. The van der Waals surface area contributed by atoms with Crippen LogP contribution in [0.2, 0.25) is 0 Å². The number of aryl methyl sites for hydroxylation is 1. The van der Waals surface area contributed by atoms with E-state index in [4.69, 9.17) is 0 Å². The van der Waals surface area contributed by atoms with E-state index in [-0.39, 0.29) is 22.6 Å². The molecule has 0 radical (unpaired) electrons. The zero-order chi connectivity index (χ0) is 20.4. The molecule has 1 aliphatic rings. The number of ketones is 1. The van der Waals surface area contributed by atoms with Crippen LogP contribution < -0.4 is 0 Å². The van der Waals surface area contributed by atoms with E-state index in [9.17, 15) is 24.8 Å². The number of aliphatic hydroxyl groups excluding tert-OH is 1. The van der Waals surface area contributed by atoms with Crippen LogP contribution in [0, 0.1) is 17.0 Å². The van der Waals surface area contributed by atoms with Gasteiger partial charge in [-0.1, -0.05) is 36.8 Å². The van der Waals surface area contributed by atoms with Gasteiger partial charge < -0.3 is 10.0 Å². The summed E-state index contributed by atoms with van der Waals surface area (Å²) in [7, 11) is 0. The number of likely N-dealkylation sites (tertiary alicyclic amines) is 1. The van der Waals surface area contributed by atoms with Gasteiger partial charge in [-0.05, 0) is 31.0 Å². The number of benzene rings is 2. The first-order valence-corrected chi connectivity index (χ1v) is 8.95. The lowest BCUT2D eigenvalue weighted by atomic mass is 9.94. The summed E-state index contributed by atoms with van der Waals surface area (Å²) in [5.74, 6) is -1.74. The molecule has 1 atom stereocenters. The summed E-state index contributed by atoms with van der Waals surface area (Å²) in [6.07, 6.45) is 0.660. The Morgan fingerprint density at radius 1 is 1.18 bits per heavy atom. The van der Waals surface area contributed by atoms with Crippen LogP contribution in [0.1, 0.15) is 36.1 Å². The summed E-state index contributed by atoms with van der Waals surface area (Å²) in [5.41, 5.74) is 1.82.